The molecule has 0 fully saturated rings. The van der Waals surface area contributed by atoms with Gasteiger partial charge < -0.3 is 14.6 Å². The van der Waals surface area contributed by atoms with Crippen molar-refractivity contribution >= 4 is 0 Å². The number of hydrogen-bond acceptors (Lipinski definition) is 4. The van der Waals surface area contributed by atoms with Gasteiger partial charge in [-0.05, 0) is 17.7 Å². The molecular weight excluding hydrogens is 278 g/mol. The van der Waals surface area contributed by atoms with E-state index in [0.29, 0.717) is 6.54 Å². The van der Waals surface area contributed by atoms with Crippen LogP contribution in [-0.2, 0) is 13.1 Å². The molecule has 4 nitrogen and oxygen atoms in total. The molecule has 1 aliphatic rings. The summed E-state index contributed by atoms with van der Waals surface area (Å²) in [6.07, 6.45) is -0.572. The first-order valence-electron chi connectivity index (χ1n) is 7.41. The van der Waals surface area contributed by atoms with Crippen LogP contribution in [0.3, 0.4) is 0 Å². The SMILES string of the molecule is COc1ccc(OC)c2c1CN(Cc1ccccc1)C[C@H]2O. The number of methoxy groups -OCH3 is 2. The second-order valence-corrected chi connectivity index (χ2v) is 5.53. The molecule has 4 heteroatoms. The van der Waals surface area contributed by atoms with E-state index in [1.165, 1.54) is 5.56 Å². The molecule has 0 amide bonds. The average molecular weight is 299 g/mol. The van der Waals surface area contributed by atoms with Gasteiger partial charge in [0.15, 0.2) is 0 Å². The van der Waals surface area contributed by atoms with E-state index < -0.39 is 6.10 Å². The Balaban J connectivity index is 1.91. The molecule has 1 atom stereocenters. The van der Waals surface area contributed by atoms with Gasteiger partial charge in [-0.3, -0.25) is 4.90 Å². The van der Waals surface area contributed by atoms with Crippen molar-refractivity contribution in [1.82, 2.24) is 4.90 Å². The minimum atomic E-state index is -0.572. The Kier molecular flexibility index (Phi) is 4.32. The number of ether oxygens (including phenoxy) is 2. The molecule has 0 unspecified atom stereocenters. The van der Waals surface area contributed by atoms with E-state index in [-0.39, 0.29) is 0 Å². The lowest BCUT2D eigenvalue weighted by molar-refractivity contribution is 0.0843. The Morgan fingerprint density at radius 2 is 1.73 bits per heavy atom. The summed E-state index contributed by atoms with van der Waals surface area (Å²) < 4.78 is 10.9. The summed E-state index contributed by atoms with van der Waals surface area (Å²) in [5.41, 5.74) is 3.10. The van der Waals surface area contributed by atoms with Crippen molar-refractivity contribution in [1.29, 1.82) is 0 Å². The number of nitrogens with zero attached hydrogens (tertiary/aromatic N) is 1. The summed E-state index contributed by atoms with van der Waals surface area (Å²) in [4.78, 5) is 2.23. The normalized spacial score (nSPS) is 17.9. The number of hydrogen-bond donors (Lipinski definition) is 1. The maximum Gasteiger partial charge on any atom is 0.125 e. The lowest BCUT2D eigenvalue weighted by Gasteiger charge is -2.34. The van der Waals surface area contributed by atoms with Crippen molar-refractivity contribution in [3.8, 4) is 11.5 Å². The Labute approximate surface area is 130 Å². The van der Waals surface area contributed by atoms with Crippen molar-refractivity contribution in [2.45, 2.75) is 19.2 Å². The second-order valence-electron chi connectivity index (χ2n) is 5.53. The summed E-state index contributed by atoms with van der Waals surface area (Å²) >= 11 is 0. The molecule has 1 aliphatic heterocycles. The number of aliphatic hydroxyl groups is 1. The van der Waals surface area contributed by atoms with Gasteiger partial charge in [0.2, 0.25) is 0 Å². The highest BCUT2D eigenvalue weighted by Gasteiger charge is 2.29. The first-order valence-corrected chi connectivity index (χ1v) is 7.41. The van der Waals surface area contributed by atoms with Crippen LogP contribution in [0.2, 0.25) is 0 Å². The van der Waals surface area contributed by atoms with Crippen molar-refractivity contribution in [3.63, 3.8) is 0 Å². The summed E-state index contributed by atoms with van der Waals surface area (Å²) in [6.45, 7) is 2.13. The number of rotatable bonds is 4. The van der Waals surface area contributed by atoms with E-state index in [1.54, 1.807) is 14.2 Å². The maximum atomic E-state index is 10.6. The predicted molar refractivity (Wildman–Crippen MR) is 85.1 cm³/mol. The first-order chi connectivity index (χ1) is 10.7. The highest BCUT2D eigenvalue weighted by molar-refractivity contribution is 5.51. The van der Waals surface area contributed by atoms with Crippen molar-refractivity contribution in [2.75, 3.05) is 20.8 Å². The van der Waals surface area contributed by atoms with Gasteiger partial charge in [0, 0.05) is 30.8 Å². The number of aliphatic hydroxyl groups excluding tert-OH is 1. The molecule has 2 aromatic carbocycles. The summed E-state index contributed by atoms with van der Waals surface area (Å²) in [6, 6.07) is 14.0. The fraction of sp³-hybridized carbons (Fsp3) is 0.333. The molecule has 22 heavy (non-hydrogen) atoms. The predicted octanol–water partition coefficient (Wildman–Crippen LogP) is 2.75. The quantitative estimate of drug-likeness (QED) is 0.942. The van der Waals surface area contributed by atoms with Crippen LogP contribution < -0.4 is 9.47 Å². The van der Waals surface area contributed by atoms with Crippen molar-refractivity contribution < 1.29 is 14.6 Å². The van der Waals surface area contributed by atoms with Crippen molar-refractivity contribution in [3.05, 3.63) is 59.2 Å². The molecule has 0 saturated heterocycles. The van der Waals surface area contributed by atoms with Gasteiger partial charge in [0.25, 0.3) is 0 Å². The van der Waals surface area contributed by atoms with Gasteiger partial charge in [-0.15, -0.1) is 0 Å². The van der Waals surface area contributed by atoms with E-state index >= 15 is 0 Å². The molecule has 0 aromatic heterocycles. The fourth-order valence-electron chi connectivity index (χ4n) is 3.11. The van der Waals surface area contributed by atoms with Crippen LogP contribution in [0.1, 0.15) is 22.8 Å². The second kappa shape index (κ2) is 6.38. The molecule has 2 aromatic rings. The van der Waals surface area contributed by atoms with Gasteiger partial charge in [-0.25, -0.2) is 0 Å². The van der Waals surface area contributed by atoms with Crippen LogP contribution >= 0.6 is 0 Å². The monoisotopic (exact) mass is 299 g/mol. The largest absolute Gasteiger partial charge is 0.496 e. The third-order valence-electron chi connectivity index (χ3n) is 4.11. The molecule has 1 heterocycles. The topological polar surface area (TPSA) is 41.9 Å². The van der Waals surface area contributed by atoms with E-state index in [2.05, 4.69) is 17.0 Å². The number of benzene rings is 2. The van der Waals surface area contributed by atoms with E-state index in [4.69, 9.17) is 9.47 Å². The standard InChI is InChI=1S/C18H21NO3/c1-21-16-8-9-17(22-2)18-14(16)11-19(12-15(18)20)10-13-6-4-3-5-7-13/h3-9,15,20H,10-12H2,1-2H3/t15-/m1/s1. The minimum absolute atomic E-state index is 0.572. The molecule has 0 bridgehead atoms. The van der Waals surface area contributed by atoms with Gasteiger partial charge in [0.05, 0.1) is 20.3 Å². The lowest BCUT2D eigenvalue weighted by atomic mass is 9.95. The smallest absolute Gasteiger partial charge is 0.125 e. The third kappa shape index (κ3) is 2.80. The van der Waals surface area contributed by atoms with Crippen LogP contribution in [0.5, 0.6) is 11.5 Å². The van der Waals surface area contributed by atoms with Gasteiger partial charge >= 0.3 is 0 Å². The maximum absolute atomic E-state index is 10.6. The molecule has 0 radical (unpaired) electrons. The number of fused-ring (bicyclic) bond motifs is 1. The Bertz CT molecular complexity index is 642. The van der Waals surface area contributed by atoms with Gasteiger partial charge in [-0.1, -0.05) is 30.3 Å². The average Bonchev–Trinajstić information content (AvgIpc) is 2.54. The zero-order valence-electron chi connectivity index (χ0n) is 13.0. The minimum Gasteiger partial charge on any atom is -0.496 e. The fourth-order valence-corrected chi connectivity index (χ4v) is 3.11. The highest BCUT2D eigenvalue weighted by Crippen LogP contribution is 2.39. The zero-order chi connectivity index (χ0) is 15.5. The van der Waals surface area contributed by atoms with Gasteiger partial charge in [0.1, 0.15) is 11.5 Å². The summed E-state index contributed by atoms with van der Waals surface area (Å²) in [5.74, 6) is 1.52. The molecule has 0 spiro atoms. The van der Waals surface area contributed by atoms with Crippen LogP contribution in [-0.4, -0.2) is 30.8 Å². The Morgan fingerprint density at radius 3 is 2.41 bits per heavy atom. The van der Waals surface area contributed by atoms with Crippen LogP contribution in [0.25, 0.3) is 0 Å². The Morgan fingerprint density at radius 1 is 1.05 bits per heavy atom. The van der Waals surface area contributed by atoms with Crippen LogP contribution in [0.4, 0.5) is 0 Å². The Hall–Kier alpha value is -2.04. The molecule has 1 N–H and O–H groups in total. The highest BCUT2D eigenvalue weighted by atomic mass is 16.5. The zero-order valence-corrected chi connectivity index (χ0v) is 13.0. The number of β-amino-alcohol motifs (C(OH)–C–C–N with tert-alkyl or cyclic N) is 1. The molecule has 116 valence electrons. The van der Waals surface area contributed by atoms with E-state index in [0.717, 1.165) is 35.7 Å². The van der Waals surface area contributed by atoms with E-state index in [1.807, 2.05) is 30.3 Å². The van der Waals surface area contributed by atoms with Crippen LogP contribution in [0.15, 0.2) is 42.5 Å². The molecule has 0 saturated carbocycles. The molecule has 3 rings (SSSR count). The first kappa shape index (κ1) is 14.9. The lowest BCUT2D eigenvalue weighted by Crippen LogP contribution is -2.33. The summed E-state index contributed by atoms with van der Waals surface area (Å²) in [7, 11) is 3.29. The third-order valence-corrected chi connectivity index (χ3v) is 4.11. The molecular formula is C18H21NO3. The van der Waals surface area contributed by atoms with Gasteiger partial charge in [-0.2, -0.15) is 0 Å². The molecule has 0 aliphatic carbocycles. The van der Waals surface area contributed by atoms with E-state index in [9.17, 15) is 5.11 Å². The summed E-state index contributed by atoms with van der Waals surface area (Å²) in [5, 5.41) is 10.6. The van der Waals surface area contributed by atoms with Crippen molar-refractivity contribution in [2.24, 2.45) is 0 Å². The van der Waals surface area contributed by atoms with Crippen LogP contribution in [0, 0.1) is 0 Å².